The van der Waals surface area contributed by atoms with Gasteiger partial charge in [0.25, 0.3) is 0 Å². The van der Waals surface area contributed by atoms with Gasteiger partial charge in [-0.2, -0.15) is 0 Å². The lowest BCUT2D eigenvalue weighted by Gasteiger charge is -2.33. The summed E-state index contributed by atoms with van der Waals surface area (Å²) >= 11 is 0. The number of rotatable bonds is 8. The lowest BCUT2D eigenvalue weighted by atomic mass is 9.97. The van der Waals surface area contributed by atoms with Gasteiger partial charge in [-0.15, -0.1) is 0 Å². The Balaban J connectivity index is 2.88. The predicted molar refractivity (Wildman–Crippen MR) is 77.4 cm³/mol. The normalized spacial score (nSPS) is 15.2. The van der Waals surface area contributed by atoms with Crippen molar-refractivity contribution in [1.82, 2.24) is 0 Å². The predicted octanol–water partition coefficient (Wildman–Crippen LogP) is 0.981. The summed E-state index contributed by atoms with van der Waals surface area (Å²) in [6.45, 7) is 4.05. The number of nitrogens with zero attached hydrogens (tertiary/aromatic N) is 1. The molecule has 0 spiro atoms. The average Bonchev–Trinajstić information content (AvgIpc) is 2.36. The van der Waals surface area contributed by atoms with E-state index < -0.39 is 11.9 Å². The van der Waals surface area contributed by atoms with Crippen molar-refractivity contribution >= 4 is 11.9 Å². The van der Waals surface area contributed by atoms with Gasteiger partial charge in [0.1, 0.15) is 13.1 Å². The lowest BCUT2D eigenvalue weighted by Crippen LogP contribution is -2.53. The van der Waals surface area contributed by atoms with E-state index in [1.807, 2.05) is 24.3 Å². The van der Waals surface area contributed by atoms with Gasteiger partial charge in [0.15, 0.2) is 6.54 Å². The molecule has 0 heterocycles. The molecule has 0 aliphatic heterocycles. The standard InChI is InChI=1S/C16H23NO4/c1-4-12(2)14-7-5-13(6-8-14)9-17(3,10-15(18)19)11-16(20)21/h5-8,12H,4,9-11H2,1-3H3,(H-,18,19,20,21). The molecular weight excluding hydrogens is 270 g/mol. The molecule has 2 atom stereocenters. The number of carboxylic acid groups (broad SMARTS) is 2. The van der Waals surface area contributed by atoms with Crippen LogP contribution in [0.2, 0.25) is 0 Å². The summed E-state index contributed by atoms with van der Waals surface area (Å²) in [7, 11) is 1.62. The van der Waals surface area contributed by atoms with Crippen LogP contribution in [0.5, 0.6) is 0 Å². The van der Waals surface area contributed by atoms with Gasteiger partial charge in [-0.1, -0.05) is 38.1 Å². The fourth-order valence-corrected chi connectivity index (χ4v) is 2.43. The van der Waals surface area contributed by atoms with Crippen LogP contribution in [-0.4, -0.2) is 41.7 Å². The van der Waals surface area contributed by atoms with E-state index in [9.17, 15) is 14.7 Å². The number of hydrogen-bond acceptors (Lipinski definition) is 3. The molecule has 5 nitrogen and oxygen atoms in total. The monoisotopic (exact) mass is 293 g/mol. The minimum Gasteiger partial charge on any atom is -0.544 e. The van der Waals surface area contributed by atoms with E-state index in [-0.39, 0.29) is 17.6 Å². The van der Waals surface area contributed by atoms with Crippen LogP contribution in [-0.2, 0) is 16.1 Å². The van der Waals surface area contributed by atoms with Crippen LogP contribution in [0.4, 0.5) is 0 Å². The molecule has 0 saturated heterocycles. The number of carbonyl (C=O) groups excluding carboxylic acids is 1. The SMILES string of the molecule is CCC(C)c1ccc(C[N+](C)(CC(=O)[O-])CC(=O)O)cc1. The van der Waals surface area contributed by atoms with Crippen LogP contribution in [0.3, 0.4) is 0 Å². The summed E-state index contributed by atoms with van der Waals surface area (Å²) in [5.41, 5.74) is 2.15. The van der Waals surface area contributed by atoms with E-state index in [4.69, 9.17) is 5.11 Å². The molecule has 0 saturated carbocycles. The maximum Gasteiger partial charge on any atom is 0.359 e. The van der Waals surface area contributed by atoms with Crippen LogP contribution >= 0.6 is 0 Å². The summed E-state index contributed by atoms with van der Waals surface area (Å²) in [6, 6.07) is 7.92. The average molecular weight is 293 g/mol. The number of carbonyl (C=O) groups is 2. The molecule has 0 aliphatic rings. The summed E-state index contributed by atoms with van der Waals surface area (Å²) in [5.74, 6) is -1.79. The van der Waals surface area contributed by atoms with Gasteiger partial charge < -0.3 is 19.5 Å². The molecule has 1 aromatic carbocycles. The Morgan fingerprint density at radius 2 is 1.81 bits per heavy atom. The molecule has 1 aromatic rings. The van der Waals surface area contributed by atoms with Gasteiger partial charge in [0, 0.05) is 5.56 Å². The Hall–Kier alpha value is -1.88. The largest absolute Gasteiger partial charge is 0.544 e. The molecule has 0 aromatic heterocycles. The second-order valence-corrected chi connectivity index (χ2v) is 5.91. The first-order valence-electron chi connectivity index (χ1n) is 7.10. The minimum atomic E-state index is -1.24. The van der Waals surface area contributed by atoms with Gasteiger partial charge in [0.05, 0.1) is 13.0 Å². The smallest absolute Gasteiger partial charge is 0.359 e. The Morgan fingerprint density at radius 3 is 2.24 bits per heavy atom. The highest BCUT2D eigenvalue weighted by atomic mass is 16.4. The molecule has 0 bridgehead atoms. The topological polar surface area (TPSA) is 77.4 Å². The molecule has 5 heteroatoms. The lowest BCUT2D eigenvalue weighted by molar-refractivity contribution is -0.910. The summed E-state index contributed by atoms with van der Waals surface area (Å²) in [6.07, 6.45) is 1.05. The first kappa shape index (κ1) is 17.2. The summed E-state index contributed by atoms with van der Waals surface area (Å²) in [4.78, 5) is 21.8. The molecule has 116 valence electrons. The van der Waals surface area contributed by atoms with Crippen LogP contribution in [0.25, 0.3) is 0 Å². The molecule has 2 unspecified atom stereocenters. The van der Waals surface area contributed by atoms with Crippen molar-refractivity contribution in [2.45, 2.75) is 32.7 Å². The molecular formula is C16H23NO4. The third-order valence-corrected chi connectivity index (χ3v) is 3.75. The van der Waals surface area contributed by atoms with E-state index in [0.717, 1.165) is 12.0 Å². The zero-order valence-electron chi connectivity index (χ0n) is 12.8. The zero-order chi connectivity index (χ0) is 16.0. The van der Waals surface area contributed by atoms with E-state index in [1.165, 1.54) is 5.56 Å². The van der Waals surface area contributed by atoms with Gasteiger partial charge in [0.2, 0.25) is 0 Å². The Kier molecular flexibility index (Phi) is 5.90. The van der Waals surface area contributed by atoms with Gasteiger partial charge in [-0.25, -0.2) is 4.79 Å². The number of likely N-dealkylation sites (N-methyl/N-ethyl adjacent to an activating group) is 1. The number of aliphatic carboxylic acids is 2. The van der Waals surface area contributed by atoms with Crippen molar-refractivity contribution in [2.24, 2.45) is 0 Å². The van der Waals surface area contributed by atoms with Crippen molar-refractivity contribution in [2.75, 3.05) is 20.1 Å². The minimum absolute atomic E-state index is 0.111. The van der Waals surface area contributed by atoms with Crippen molar-refractivity contribution < 1.29 is 24.3 Å². The van der Waals surface area contributed by atoms with Crippen molar-refractivity contribution in [1.29, 1.82) is 0 Å². The number of quaternary nitrogens is 1. The molecule has 21 heavy (non-hydrogen) atoms. The van der Waals surface area contributed by atoms with Gasteiger partial charge in [-0.3, -0.25) is 0 Å². The quantitative estimate of drug-likeness (QED) is 0.725. The fourth-order valence-electron chi connectivity index (χ4n) is 2.43. The molecule has 0 fully saturated rings. The van der Waals surface area contributed by atoms with Crippen molar-refractivity contribution in [3.05, 3.63) is 35.4 Å². The molecule has 0 amide bonds. The molecule has 1 rings (SSSR count). The Bertz CT molecular complexity index is 480. The highest BCUT2D eigenvalue weighted by molar-refractivity contribution is 5.69. The zero-order valence-corrected chi connectivity index (χ0v) is 12.8. The molecule has 0 radical (unpaired) electrons. The third kappa shape index (κ3) is 5.55. The van der Waals surface area contributed by atoms with E-state index in [1.54, 1.807) is 7.05 Å². The maximum absolute atomic E-state index is 10.9. The van der Waals surface area contributed by atoms with Crippen molar-refractivity contribution in [3.63, 3.8) is 0 Å². The molecule has 1 N–H and O–H groups in total. The van der Waals surface area contributed by atoms with E-state index >= 15 is 0 Å². The highest BCUT2D eigenvalue weighted by Crippen LogP contribution is 2.20. The fraction of sp³-hybridized carbons (Fsp3) is 0.500. The second kappa shape index (κ2) is 7.22. The van der Waals surface area contributed by atoms with E-state index in [2.05, 4.69) is 13.8 Å². The second-order valence-electron chi connectivity index (χ2n) is 5.91. The first-order valence-corrected chi connectivity index (χ1v) is 7.10. The summed E-state index contributed by atoms with van der Waals surface area (Å²) < 4.78 is -0.111. The number of carboxylic acids is 2. The molecule has 0 aliphatic carbocycles. The summed E-state index contributed by atoms with van der Waals surface area (Å²) in [5, 5.41) is 19.8. The van der Waals surface area contributed by atoms with Crippen LogP contribution in [0.15, 0.2) is 24.3 Å². The maximum atomic E-state index is 10.9. The highest BCUT2D eigenvalue weighted by Gasteiger charge is 2.26. The Morgan fingerprint density at radius 1 is 1.24 bits per heavy atom. The van der Waals surface area contributed by atoms with Gasteiger partial charge >= 0.3 is 5.97 Å². The van der Waals surface area contributed by atoms with Crippen molar-refractivity contribution in [3.8, 4) is 0 Å². The van der Waals surface area contributed by atoms with Crippen LogP contribution < -0.4 is 5.11 Å². The third-order valence-electron chi connectivity index (χ3n) is 3.75. The van der Waals surface area contributed by atoms with Crippen LogP contribution in [0.1, 0.15) is 37.3 Å². The first-order chi connectivity index (χ1) is 9.75. The number of hydrogen-bond donors (Lipinski definition) is 1. The number of benzene rings is 1. The van der Waals surface area contributed by atoms with E-state index in [0.29, 0.717) is 12.5 Å². The van der Waals surface area contributed by atoms with Crippen LogP contribution in [0, 0.1) is 0 Å². The van der Waals surface area contributed by atoms with Gasteiger partial charge in [-0.05, 0) is 17.9 Å². The Labute approximate surface area is 125 Å².